The molecule has 0 aromatic heterocycles. The zero-order valence-electron chi connectivity index (χ0n) is 20.9. The van der Waals surface area contributed by atoms with Gasteiger partial charge in [0.2, 0.25) is 5.75 Å². The highest BCUT2D eigenvalue weighted by Crippen LogP contribution is 2.51. The number of ether oxygens (including phenoxy) is 2. The number of halogens is 7. The Morgan fingerprint density at radius 1 is 0.927 bits per heavy atom. The SMILES string of the molecule is Cc1c(F)cc2c(c1F)[Si](C)(C)c1c(cc(F)c(OS(=O)(=O)C(F)(F)F)c1F)C21OC(=O)c2ccc(OC=O)cc21. The van der Waals surface area contributed by atoms with Crippen molar-refractivity contribution in [1.29, 1.82) is 0 Å². The Labute approximate surface area is 227 Å². The molecule has 1 unspecified atom stereocenters. The van der Waals surface area contributed by atoms with E-state index in [0.29, 0.717) is 6.07 Å². The lowest BCUT2D eigenvalue weighted by atomic mass is 9.78. The van der Waals surface area contributed by atoms with Gasteiger partial charge in [-0.05, 0) is 47.6 Å². The second-order valence-electron chi connectivity index (χ2n) is 9.74. The van der Waals surface area contributed by atoms with Crippen molar-refractivity contribution < 1.29 is 62.4 Å². The van der Waals surface area contributed by atoms with Crippen LogP contribution in [0.1, 0.15) is 32.6 Å². The van der Waals surface area contributed by atoms with Gasteiger partial charge in [0.25, 0.3) is 6.47 Å². The van der Waals surface area contributed by atoms with Gasteiger partial charge in [0.05, 0.1) is 5.56 Å². The summed E-state index contributed by atoms with van der Waals surface area (Å²) in [5.41, 5.74) is -10.5. The van der Waals surface area contributed by atoms with E-state index in [1.54, 1.807) is 0 Å². The largest absolute Gasteiger partial charge is 0.534 e. The first kappa shape index (κ1) is 28.6. The van der Waals surface area contributed by atoms with Gasteiger partial charge in [-0.3, -0.25) is 4.79 Å². The van der Waals surface area contributed by atoms with E-state index in [1.165, 1.54) is 19.2 Å². The third kappa shape index (κ3) is 3.79. The molecule has 0 aliphatic carbocycles. The van der Waals surface area contributed by atoms with E-state index in [4.69, 9.17) is 9.47 Å². The molecule has 0 fully saturated rings. The van der Waals surface area contributed by atoms with E-state index in [-0.39, 0.29) is 34.1 Å². The normalized spacial score (nSPS) is 18.8. The van der Waals surface area contributed by atoms with Gasteiger partial charge in [0.15, 0.2) is 17.2 Å². The van der Waals surface area contributed by atoms with Crippen molar-refractivity contribution in [2.24, 2.45) is 0 Å². The minimum atomic E-state index is -6.56. The number of esters is 1. The number of carbonyl (C=O) groups is 2. The molecule has 2 aliphatic rings. The van der Waals surface area contributed by atoms with E-state index >= 15 is 17.6 Å². The van der Waals surface area contributed by atoms with Gasteiger partial charge < -0.3 is 13.7 Å². The van der Waals surface area contributed by atoms with Crippen molar-refractivity contribution in [2.45, 2.75) is 31.1 Å². The maximum absolute atomic E-state index is 16.2. The van der Waals surface area contributed by atoms with Gasteiger partial charge in [-0.25, -0.2) is 22.4 Å². The summed E-state index contributed by atoms with van der Waals surface area (Å²) in [6.07, 6.45) is 0. The summed E-state index contributed by atoms with van der Waals surface area (Å²) in [6, 6.07) is 4.57. The molecule has 3 aromatic carbocycles. The van der Waals surface area contributed by atoms with Crippen LogP contribution in [0, 0.1) is 30.2 Å². The van der Waals surface area contributed by atoms with Crippen molar-refractivity contribution >= 4 is 41.0 Å². The summed E-state index contributed by atoms with van der Waals surface area (Å²) in [7, 11) is -10.5. The number of hydrogen-bond donors (Lipinski definition) is 0. The van der Waals surface area contributed by atoms with Gasteiger partial charge in [-0.15, -0.1) is 0 Å². The Kier molecular flexibility index (Phi) is 6.13. The molecule has 0 saturated heterocycles. The predicted octanol–water partition coefficient (Wildman–Crippen LogP) is 3.91. The average molecular weight is 621 g/mol. The highest BCUT2D eigenvalue weighted by molar-refractivity contribution is 7.88. The first-order valence-corrected chi connectivity index (χ1v) is 15.8. The number of hydrogen-bond acceptors (Lipinski definition) is 7. The number of rotatable bonds is 4. The van der Waals surface area contributed by atoms with E-state index in [0.717, 1.165) is 25.1 Å². The van der Waals surface area contributed by atoms with E-state index in [2.05, 4.69) is 4.18 Å². The summed E-state index contributed by atoms with van der Waals surface area (Å²) in [5.74, 6) is -9.43. The van der Waals surface area contributed by atoms with E-state index in [1.807, 2.05) is 0 Å². The number of carbonyl (C=O) groups excluding carboxylic acids is 2. The molecule has 0 radical (unpaired) electrons. The Morgan fingerprint density at radius 3 is 2.10 bits per heavy atom. The second-order valence-corrected chi connectivity index (χ2v) is 15.5. The average Bonchev–Trinajstić information content (AvgIpc) is 3.15. The van der Waals surface area contributed by atoms with Gasteiger partial charge in [-0.2, -0.15) is 21.6 Å². The van der Waals surface area contributed by atoms with Crippen LogP contribution in [0.2, 0.25) is 13.1 Å². The van der Waals surface area contributed by atoms with E-state index in [9.17, 15) is 31.2 Å². The molecule has 16 heteroatoms. The fourth-order valence-electron chi connectivity index (χ4n) is 5.37. The Morgan fingerprint density at radius 2 is 1.51 bits per heavy atom. The topological polar surface area (TPSA) is 96.0 Å². The summed E-state index contributed by atoms with van der Waals surface area (Å²) in [4.78, 5) is 24.0. The summed E-state index contributed by atoms with van der Waals surface area (Å²) in [6.45, 7) is 3.68. The van der Waals surface area contributed by atoms with Gasteiger partial charge in [0.1, 0.15) is 25.5 Å². The Bertz CT molecular complexity index is 1810. The van der Waals surface area contributed by atoms with Crippen molar-refractivity contribution in [3.05, 3.63) is 81.4 Å². The summed E-state index contributed by atoms with van der Waals surface area (Å²) in [5, 5.41) is -1.03. The molecule has 7 nitrogen and oxygen atoms in total. The van der Waals surface area contributed by atoms with E-state index < -0.39 is 80.6 Å². The maximum atomic E-state index is 16.2. The lowest BCUT2D eigenvalue weighted by molar-refractivity contribution is -0.120. The highest BCUT2D eigenvalue weighted by atomic mass is 32.2. The third-order valence-electron chi connectivity index (χ3n) is 7.13. The van der Waals surface area contributed by atoms with Crippen LogP contribution in [-0.2, 0) is 25.3 Å². The minimum Gasteiger partial charge on any atom is -0.441 e. The smallest absolute Gasteiger partial charge is 0.441 e. The van der Waals surface area contributed by atoms with Crippen LogP contribution in [0.4, 0.5) is 30.7 Å². The molecule has 2 heterocycles. The molecular formula is C25H15F7O7SSi. The molecular weight excluding hydrogens is 605 g/mol. The van der Waals surface area contributed by atoms with Crippen LogP contribution < -0.4 is 19.3 Å². The first-order valence-electron chi connectivity index (χ1n) is 11.4. The lowest BCUT2D eigenvalue weighted by Gasteiger charge is -2.44. The van der Waals surface area contributed by atoms with Crippen LogP contribution in [-0.4, -0.2) is 34.4 Å². The van der Waals surface area contributed by atoms with Crippen LogP contribution in [0.5, 0.6) is 11.5 Å². The summed E-state index contributed by atoms with van der Waals surface area (Å²) < 4.78 is 139. The Balaban J connectivity index is 1.96. The first-order chi connectivity index (χ1) is 18.9. The molecule has 1 atom stereocenters. The van der Waals surface area contributed by atoms with Crippen LogP contribution in [0.25, 0.3) is 0 Å². The molecule has 3 aromatic rings. The molecule has 0 bridgehead atoms. The number of alkyl halides is 3. The minimum absolute atomic E-state index is 0.0254. The van der Waals surface area contributed by atoms with Crippen molar-refractivity contribution in [1.82, 2.24) is 0 Å². The number of benzene rings is 3. The van der Waals surface area contributed by atoms with Crippen LogP contribution in [0.15, 0.2) is 30.3 Å². The van der Waals surface area contributed by atoms with Crippen LogP contribution >= 0.6 is 0 Å². The third-order valence-corrected chi connectivity index (χ3v) is 11.6. The fourth-order valence-corrected chi connectivity index (χ4v) is 9.33. The van der Waals surface area contributed by atoms with Crippen LogP contribution in [0.3, 0.4) is 0 Å². The molecule has 216 valence electrons. The van der Waals surface area contributed by atoms with Crippen molar-refractivity contribution in [3.8, 4) is 11.5 Å². The zero-order chi connectivity index (χ0) is 30.4. The Hall–Kier alpha value is -3.92. The van der Waals surface area contributed by atoms with Gasteiger partial charge >= 0.3 is 21.6 Å². The predicted molar refractivity (Wildman–Crippen MR) is 128 cm³/mol. The zero-order valence-corrected chi connectivity index (χ0v) is 22.7. The molecule has 5 rings (SSSR count). The molecule has 41 heavy (non-hydrogen) atoms. The fraction of sp³-hybridized carbons (Fsp3) is 0.200. The second kappa shape index (κ2) is 8.79. The monoisotopic (exact) mass is 620 g/mol. The summed E-state index contributed by atoms with van der Waals surface area (Å²) >= 11 is 0. The van der Waals surface area contributed by atoms with Gasteiger partial charge in [0, 0.05) is 22.3 Å². The number of fused-ring (bicyclic) bond motifs is 6. The van der Waals surface area contributed by atoms with Crippen molar-refractivity contribution in [3.63, 3.8) is 0 Å². The quantitative estimate of drug-likeness (QED) is 0.109. The van der Waals surface area contributed by atoms with Crippen molar-refractivity contribution in [2.75, 3.05) is 0 Å². The maximum Gasteiger partial charge on any atom is 0.534 e. The molecule has 1 spiro atoms. The molecule has 0 saturated carbocycles. The molecule has 0 N–H and O–H groups in total. The molecule has 2 aliphatic heterocycles. The molecule has 0 amide bonds. The van der Waals surface area contributed by atoms with Gasteiger partial charge in [-0.1, -0.05) is 13.1 Å². The standard InChI is InChI=1S/C25H15F7O7SSi/c1-10-16(26)7-14-21(18(10)28)41(2,3)22-15(8-17(27)20(19(22)29)39-40(35,36)25(30,31)32)24(14)13-6-11(37-9-33)4-5-12(13)23(34)38-24/h4-9H,1-3H3. The lowest BCUT2D eigenvalue weighted by Crippen LogP contribution is -2.65. The highest BCUT2D eigenvalue weighted by Gasteiger charge is 2.59.